The van der Waals surface area contributed by atoms with Gasteiger partial charge in [0.15, 0.2) is 0 Å². The number of Topliss-reactive ketones (excluding diaryl/α,β-unsaturated/α-hetero) is 1. The van der Waals surface area contributed by atoms with Crippen molar-refractivity contribution < 1.29 is 4.79 Å². The molecular weight excluding hydrogens is 164 g/mol. The molecule has 0 saturated heterocycles. The first-order chi connectivity index (χ1) is 4.77. The molecule has 0 saturated carbocycles. The molecule has 0 aliphatic carbocycles. The van der Waals surface area contributed by atoms with E-state index in [1.54, 1.807) is 28.5 Å². The molecule has 0 aliphatic rings. The van der Waals surface area contributed by atoms with Gasteiger partial charge in [-0.25, -0.2) is 0 Å². The smallest absolute Gasteiger partial charge is 0.130 e. The summed E-state index contributed by atoms with van der Waals surface area (Å²) in [7, 11) is 3.47. The van der Waals surface area contributed by atoms with Gasteiger partial charge in [0.2, 0.25) is 0 Å². The second kappa shape index (κ2) is 7.22. The third-order valence-electron chi connectivity index (χ3n) is 0.807. The molecule has 58 valence electrons. The molecule has 10 heavy (non-hydrogen) atoms. The number of hydrogen-bond donors (Lipinski definition) is 0. The molecule has 0 aliphatic heterocycles. The quantitative estimate of drug-likeness (QED) is 0.352. The van der Waals surface area contributed by atoms with Gasteiger partial charge in [0.05, 0.1) is 0 Å². The summed E-state index contributed by atoms with van der Waals surface area (Å²) in [5, 5.41) is 0. The molecule has 0 aromatic heterocycles. The highest BCUT2D eigenvalue weighted by Crippen LogP contribution is 2.21. The van der Waals surface area contributed by atoms with Crippen LogP contribution in [0.4, 0.5) is 0 Å². The third kappa shape index (κ3) is 8.11. The van der Waals surface area contributed by atoms with Crippen LogP contribution in [0.5, 0.6) is 0 Å². The minimum absolute atomic E-state index is 0.270. The lowest BCUT2D eigenvalue weighted by atomic mass is 10.4. The van der Waals surface area contributed by atoms with Gasteiger partial charge in [0.25, 0.3) is 0 Å². The molecule has 0 fully saturated rings. The Kier molecular flexibility index (Phi) is 7.30. The fourth-order valence-electron chi connectivity index (χ4n) is 0.341. The summed E-state index contributed by atoms with van der Waals surface area (Å²) in [6.45, 7) is 5.22. The number of rotatable bonds is 6. The van der Waals surface area contributed by atoms with Gasteiger partial charge in [-0.05, 0) is 6.92 Å². The van der Waals surface area contributed by atoms with Gasteiger partial charge in [0, 0.05) is 17.9 Å². The molecule has 0 bridgehead atoms. The van der Waals surface area contributed by atoms with Crippen molar-refractivity contribution in [3.63, 3.8) is 0 Å². The maximum Gasteiger partial charge on any atom is 0.130 e. The maximum atomic E-state index is 10.4. The SMILES string of the molecule is C=CCSSCCC(C)=O. The standard InChI is InChI=1S/C7H12OS2/c1-3-5-9-10-6-4-7(2)8/h3H,1,4-6H2,2H3. The fourth-order valence-corrected chi connectivity index (χ4v) is 2.20. The highest BCUT2D eigenvalue weighted by atomic mass is 33.1. The lowest BCUT2D eigenvalue weighted by Gasteiger charge is -1.94. The van der Waals surface area contributed by atoms with Crippen LogP contribution in [0.25, 0.3) is 0 Å². The van der Waals surface area contributed by atoms with Crippen LogP contribution in [0, 0.1) is 0 Å². The highest BCUT2D eigenvalue weighted by Gasteiger charge is 1.92. The van der Waals surface area contributed by atoms with Crippen LogP contribution in [0.1, 0.15) is 13.3 Å². The molecule has 3 heteroatoms. The first-order valence-corrected chi connectivity index (χ1v) is 5.61. The van der Waals surface area contributed by atoms with Gasteiger partial charge < -0.3 is 0 Å². The first kappa shape index (κ1) is 10.1. The van der Waals surface area contributed by atoms with E-state index in [2.05, 4.69) is 6.58 Å². The van der Waals surface area contributed by atoms with Crippen molar-refractivity contribution in [3.8, 4) is 0 Å². The zero-order valence-corrected chi connectivity index (χ0v) is 7.76. The Morgan fingerprint density at radius 2 is 2.30 bits per heavy atom. The van der Waals surface area contributed by atoms with Gasteiger partial charge in [-0.1, -0.05) is 27.7 Å². The molecule has 0 amide bonds. The fraction of sp³-hybridized carbons (Fsp3) is 0.571. The Morgan fingerprint density at radius 1 is 1.60 bits per heavy atom. The van der Waals surface area contributed by atoms with E-state index in [1.165, 1.54) is 0 Å². The average molecular weight is 176 g/mol. The summed E-state index contributed by atoms with van der Waals surface area (Å²) in [5.41, 5.74) is 0. The zero-order chi connectivity index (χ0) is 7.82. The van der Waals surface area contributed by atoms with Crippen LogP contribution in [0.2, 0.25) is 0 Å². The molecule has 0 aromatic carbocycles. The van der Waals surface area contributed by atoms with Crippen LogP contribution >= 0.6 is 21.6 Å². The number of carbonyl (C=O) groups is 1. The lowest BCUT2D eigenvalue weighted by Crippen LogP contribution is -1.89. The first-order valence-electron chi connectivity index (χ1n) is 3.12. The van der Waals surface area contributed by atoms with Crippen LogP contribution in [0.15, 0.2) is 12.7 Å². The van der Waals surface area contributed by atoms with Gasteiger partial charge in [-0.2, -0.15) is 0 Å². The molecular formula is C7H12OS2. The Labute approximate surface area is 70.0 Å². The van der Waals surface area contributed by atoms with E-state index in [4.69, 9.17) is 0 Å². The number of ketones is 1. The van der Waals surface area contributed by atoms with E-state index in [0.29, 0.717) is 6.42 Å². The topological polar surface area (TPSA) is 17.1 Å². The summed E-state index contributed by atoms with van der Waals surface area (Å²) in [4.78, 5) is 10.4. The van der Waals surface area contributed by atoms with Crippen molar-refractivity contribution in [2.75, 3.05) is 11.5 Å². The average Bonchev–Trinajstić information content (AvgIpc) is 1.87. The van der Waals surface area contributed by atoms with Crippen molar-refractivity contribution in [1.29, 1.82) is 0 Å². The molecule has 0 radical (unpaired) electrons. The predicted octanol–water partition coefficient (Wildman–Crippen LogP) is 2.53. The monoisotopic (exact) mass is 176 g/mol. The molecule has 0 rings (SSSR count). The molecule has 0 spiro atoms. The van der Waals surface area contributed by atoms with Gasteiger partial charge in [-0.15, -0.1) is 6.58 Å². The molecule has 0 heterocycles. The summed E-state index contributed by atoms with van der Waals surface area (Å²) in [6.07, 6.45) is 2.56. The molecule has 1 nitrogen and oxygen atoms in total. The van der Waals surface area contributed by atoms with Crippen molar-refractivity contribution in [3.05, 3.63) is 12.7 Å². The lowest BCUT2D eigenvalue weighted by molar-refractivity contribution is -0.116. The van der Waals surface area contributed by atoms with E-state index in [-0.39, 0.29) is 5.78 Å². The van der Waals surface area contributed by atoms with E-state index in [9.17, 15) is 4.79 Å². The second-order valence-electron chi connectivity index (χ2n) is 1.85. The largest absolute Gasteiger partial charge is 0.300 e. The predicted molar refractivity (Wildman–Crippen MR) is 50.4 cm³/mol. The number of hydrogen-bond acceptors (Lipinski definition) is 3. The van der Waals surface area contributed by atoms with E-state index < -0.39 is 0 Å². The summed E-state index contributed by atoms with van der Waals surface area (Å²) in [5.74, 6) is 2.16. The van der Waals surface area contributed by atoms with E-state index in [1.807, 2.05) is 6.08 Å². The van der Waals surface area contributed by atoms with Crippen LogP contribution in [0.3, 0.4) is 0 Å². The minimum atomic E-state index is 0.270. The molecule has 0 atom stereocenters. The van der Waals surface area contributed by atoms with Crippen LogP contribution in [-0.4, -0.2) is 17.3 Å². The minimum Gasteiger partial charge on any atom is -0.300 e. The van der Waals surface area contributed by atoms with Crippen molar-refractivity contribution in [2.24, 2.45) is 0 Å². The normalized spacial score (nSPS) is 9.30. The Balaban J connectivity index is 2.90. The van der Waals surface area contributed by atoms with E-state index >= 15 is 0 Å². The molecule has 0 N–H and O–H groups in total. The van der Waals surface area contributed by atoms with Crippen LogP contribution in [-0.2, 0) is 4.79 Å². The summed E-state index contributed by atoms with van der Waals surface area (Å²) in [6, 6.07) is 0. The second-order valence-corrected chi connectivity index (χ2v) is 4.47. The molecule has 0 unspecified atom stereocenters. The Hall–Kier alpha value is 0.110. The Bertz CT molecular complexity index is 112. The highest BCUT2D eigenvalue weighted by molar-refractivity contribution is 8.76. The maximum absolute atomic E-state index is 10.4. The van der Waals surface area contributed by atoms with Gasteiger partial charge >= 0.3 is 0 Å². The van der Waals surface area contributed by atoms with E-state index in [0.717, 1.165) is 11.5 Å². The van der Waals surface area contributed by atoms with Gasteiger partial charge in [-0.3, -0.25) is 4.79 Å². The van der Waals surface area contributed by atoms with Crippen molar-refractivity contribution in [2.45, 2.75) is 13.3 Å². The third-order valence-corrected chi connectivity index (χ3v) is 3.12. The van der Waals surface area contributed by atoms with Crippen LogP contribution < -0.4 is 0 Å². The van der Waals surface area contributed by atoms with Crippen molar-refractivity contribution in [1.82, 2.24) is 0 Å². The zero-order valence-electron chi connectivity index (χ0n) is 6.13. The van der Waals surface area contributed by atoms with Gasteiger partial charge in [0.1, 0.15) is 5.78 Å². The summed E-state index contributed by atoms with van der Waals surface area (Å²) >= 11 is 0. The van der Waals surface area contributed by atoms with Crippen molar-refractivity contribution >= 4 is 27.4 Å². The summed E-state index contributed by atoms with van der Waals surface area (Å²) < 4.78 is 0. The molecule has 0 aromatic rings. The Morgan fingerprint density at radius 3 is 2.80 bits per heavy atom. The number of carbonyl (C=O) groups excluding carboxylic acids is 1.